The van der Waals surface area contributed by atoms with E-state index in [1.165, 1.54) is 44.3 Å². The standard InChI is InChI=1S/C12H25NS/c1-3-13-12(8-9-14-2)10-11-6-4-5-7-11/h11-13H,3-10H2,1-2H3. The third-order valence-electron chi connectivity index (χ3n) is 3.26. The van der Waals surface area contributed by atoms with Crippen molar-refractivity contribution in [2.45, 2.75) is 51.5 Å². The Hall–Kier alpha value is 0.310. The molecular weight excluding hydrogens is 190 g/mol. The number of hydrogen-bond donors (Lipinski definition) is 1. The van der Waals surface area contributed by atoms with Gasteiger partial charge in [0, 0.05) is 6.04 Å². The Kier molecular flexibility index (Phi) is 6.70. The molecule has 0 aliphatic heterocycles. The van der Waals surface area contributed by atoms with Gasteiger partial charge in [0.2, 0.25) is 0 Å². The average Bonchev–Trinajstić information content (AvgIpc) is 2.67. The predicted molar refractivity (Wildman–Crippen MR) is 67.0 cm³/mol. The number of rotatable bonds is 7. The van der Waals surface area contributed by atoms with Crippen LogP contribution in [0.4, 0.5) is 0 Å². The molecule has 0 heterocycles. The van der Waals surface area contributed by atoms with Gasteiger partial charge in [0.15, 0.2) is 0 Å². The Morgan fingerprint density at radius 3 is 2.64 bits per heavy atom. The van der Waals surface area contributed by atoms with Crippen LogP contribution in [-0.2, 0) is 0 Å². The van der Waals surface area contributed by atoms with Crippen molar-refractivity contribution in [3.8, 4) is 0 Å². The van der Waals surface area contributed by atoms with Gasteiger partial charge < -0.3 is 5.32 Å². The molecule has 0 aromatic heterocycles. The zero-order valence-electron chi connectivity index (χ0n) is 9.72. The van der Waals surface area contributed by atoms with Crippen molar-refractivity contribution in [1.29, 1.82) is 0 Å². The minimum atomic E-state index is 0.788. The van der Waals surface area contributed by atoms with Crippen molar-refractivity contribution in [3.63, 3.8) is 0 Å². The van der Waals surface area contributed by atoms with E-state index in [1.54, 1.807) is 0 Å². The molecule has 0 aromatic rings. The molecular formula is C12H25NS. The molecule has 84 valence electrons. The van der Waals surface area contributed by atoms with Crippen molar-refractivity contribution in [2.75, 3.05) is 18.6 Å². The van der Waals surface area contributed by atoms with E-state index in [1.807, 2.05) is 11.8 Å². The van der Waals surface area contributed by atoms with Gasteiger partial charge in [-0.05, 0) is 37.3 Å². The Morgan fingerprint density at radius 2 is 2.07 bits per heavy atom. The van der Waals surface area contributed by atoms with E-state index < -0.39 is 0 Å². The Balaban J connectivity index is 2.18. The molecule has 1 nitrogen and oxygen atoms in total. The second kappa shape index (κ2) is 7.58. The maximum absolute atomic E-state index is 3.63. The van der Waals surface area contributed by atoms with Gasteiger partial charge in [-0.1, -0.05) is 32.6 Å². The molecule has 1 aliphatic rings. The van der Waals surface area contributed by atoms with Crippen LogP contribution in [0.2, 0.25) is 0 Å². The van der Waals surface area contributed by atoms with Gasteiger partial charge in [0.05, 0.1) is 0 Å². The summed E-state index contributed by atoms with van der Waals surface area (Å²) in [4.78, 5) is 0. The summed E-state index contributed by atoms with van der Waals surface area (Å²) in [7, 11) is 0. The summed E-state index contributed by atoms with van der Waals surface area (Å²) in [6.45, 7) is 3.35. The largest absolute Gasteiger partial charge is 0.314 e. The lowest BCUT2D eigenvalue weighted by atomic mass is 9.97. The molecule has 1 unspecified atom stereocenters. The number of nitrogens with one attached hydrogen (secondary N) is 1. The molecule has 1 fully saturated rings. The van der Waals surface area contributed by atoms with E-state index in [0.29, 0.717) is 0 Å². The van der Waals surface area contributed by atoms with E-state index >= 15 is 0 Å². The smallest absolute Gasteiger partial charge is 0.00774 e. The quantitative estimate of drug-likeness (QED) is 0.699. The van der Waals surface area contributed by atoms with Crippen LogP contribution in [0.15, 0.2) is 0 Å². The first kappa shape index (κ1) is 12.4. The van der Waals surface area contributed by atoms with Crippen LogP contribution >= 0.6 is 11.8 Å². The number of thioether (sulfide) groups is 1. The van der Waals surface area contributed by atoms with Crippen molar-refractivity contribution < 1.29 is 0 Å². The zero-order chi connectivity index (χ0) is 10.2. The Bertz CT molecular complexity index is 132. The second-order valence-electron chi connectivity index (χ2n) is 4.42. The summed E-state index contributed by atoms with van der Waals surface area (Å²) in [5, 5.41) is 3.63. The highest BCUT2D eigenvalue weighted by atomic mass is 32.2. The number of hydrogen-bond acceptors (Lipinski definition) is 2. The molecule has 14 heavy (non-hydrogen) atoms. The van der Waals surface area contributed by atoms with Gasteiger partial charge >= 0.3 is 0 Å². The summed E-state index contributed by atoms with van der Waals surface area (Å²) in [6.07, 6.45) is 10.9. The van der Waals surface area contributed by atoms with Crippen molar-refractivity contribution in [2.24, 2.45) is 5.92 Å². The van der Waals surface area contributed by atoms with Gasteiger partial charge in [-0.2, -0.15) is 11.8 Å². The summed E-state index contributed by atoms with van der Waals surface area (Å²) in [5.74, 6) is 2.34. The van der Waals surface area contributed by atoms with Crippen LogP contribution in [-0.4, -0.2) is 24.6 Å². The van der Waals surface area contributed by atoms with Crippen LogP contribution < -0.4 is 5.32 Å². The highest BCUT2D eigenvalue weighted by Gasteiger charge is 2.19. The molecule has 0 radical (unpaired) electrons. The third-order valence-corrected chi connectivity index (χ3v) is 3.90. The zero-order valence-corrected chi connectivity index (χ0v) is 10.5. The van der Waals surface area contributed by atoms with Crippen LogP contribution in [0, 0.1) is 5.92 Å². The highest BCUT2D eigenvalue weighted by molar-refractivity contribution is 7.98. The first-order valence-electron chi connectivity index (χ1n) is 6.09. The first-order chi connectivity index (χ1) is 6.86. The Labute approximate surface area is 93.4 Å². The molecule has 1 saturated carbocycles. The molecule has 0 aromatic carbocycles. The SMILES string of the molecule is CCNC(CCSC)CC1CCCC1. The van der Waals surface area contributed by atoms with E-state index in [9.17, 15) is 0 Å². The maximum Gasteiger partial charge on any atom is 0.00774 e. The molecule has 1 atom stereocenters. The van der Waals surface area contributed by atoms with Crippen molar-refractivity contribution >= 4 is 11.8 Å². The lowest BCUT2D eigenvalue weighted by Crippen LogP contribution is -2.31. The van der Waals surface area contributed by atoms with Crippen molar-refractivity contribution in [3.05, 3.63) is 0 Å². The second-order valence-corrected chi connectivity index (χ2v) is 5.41. The first-order valence-corrected chi connectivity index (χ1v) is 7.48. The highest BCUT2D eigenvalue weighted by Crippen LogP contribution is 2.29. The van der Waals surface area contributed by atoms with E-state index in [0.717, 1.165) is 18.5 Å². The fraction of sp³-hybridized carbons (Fsp3) is 1.00. The molecule has 0 spiro atoms. The fourth-order valence-corrected chi connectivity index (χ4v) is 3.02. The lowest BCUT2D eigenvalue weighted by Gasteiger charge is -2.20. The minimum Gasteiger partial charge on any atom is -0.314 e. The molecule has 1 rings (SSSR count). The van der Waals surface area contributed by atoms with Crippen LogP contribution in [0.1, 0.15) is 45.4 Å². The minimum absolute atomic E-state index is 0.788. The van der Waals surface area contributed by atoms with Crippen LogP contribution in [0.3, 0.4) is 0 Å². The van der Waals surface area contributed by atoms with Gasteiger partial charge in [-0.3, -0.25) is 0 Å². The summed E-state index contributed by atoms with van der Waals surface area (Å²) < 4.78 is 0. The average molecular weight is 215 g/mol. The normalized spacial score (nSPS) is 20.1. The van der Waals surface area contributed by atoms with Gasteiger partial charge in [-0.15, -0.1) is 0 Å². The van der Waals surface area contributed by atoms with Gasteiger partial charge in [0.1, 0.15) is 0 Å². The van der Waals surface area contributed by atoms with E-state index in [-0.39, 0.29) is 0 Å². The maximum atomic E-state index is 3.63. The predicted octanol–water partition coefficient (Wildman–Crippen LogP) is 3.30. The molecule has 1 N–H and O–H groups in total. The van der Waals surface area contributed by atoms with E-state index in [4.69, 9.17) is 0 Å². The molecule has 1 aliphatic carbocycles. The van der Waals surface area contributed by atoms with E-state index in [2.05, 4.69) is 18.5 Å². The van der Waals surface area contributed by atoms with Crippen LogP contribution in [0.25, 0.3) is 0 Å². The molecule has 0 amide bonds. The third kappa shape index (κ3) is 4.70. The monoisotopic (exact) mass is 215 g/mol. The van der Waals surface area contributed by atoms with Crippen molar-refractivity contribution in [1.82, 2.24) is 5.32 Å². The van der Waals surface area contributed by atoms with Crippen LogP contribution in [0.5, 0.6) is 0 Å². The molecule has 0 bridgehead atoms. The van der Waals surface area contributed by atoms with Gasteiger partial charge in [0.25, 0.3) is 0 Å². The topological polar surface area (TPSA) is 12.0 Å². The molecule has 2 heteroatoms. The Morgan fingerprint density at radius 1 is 1.36 bits per heavy atom. The summed E-state index contributed by atoms with van der Waals surface area (Å²) >= 11 is 1.97. The summed E-state index contributed by atoms with van der Waals surface area (Å²) in [5.41, 5.74) is 0. The van der Waals surface area contributed by atoms with Gasteiger partial charge in [-0.25, -0.2) is 0 Å². The lowest BCUT2D eigenvalue weighted by molar-refractivity contribution is 0.386. The fourth-order valence-electron chi connectivity index (χ4n) is 2.50. The molecule has 0 saturated heterocycles. The summed E-state index contributed by atoms with van der Waals surface area (Å²) in [6, 6.07) is 0.788.